The van der Waals surface area contributed by atoms with E-state index in [1.165, 1.54) is 17.5 Å². The standard InChI is InChI=1S/C17H28N2O/c1-3-4-14-5-7-15(8-6-14)17(18)13-19-11-9-16(20-2)10-12-19/h5-8,16-17H,3-4,9-13,18H2,1-2H3. The number of hydrogen-bond donors (Lipinski definition) is 1. The number of aryl methyl sites for hydroxylation is 1. The second-order valence-corrected chi connectivity index (χ2v) is 5.83. The Balaban J connectivity index is 1.83. The van der Waals surface area contributed by atoms with Crippen LogP contribution >= 0.6 is 0 Å². The molecule has 0 aliphatic carbocycles. The van der Waals surface area contributed by atoms with Crippen LogP contribution in [-0.2, 0) is 11.2 Å². The molecular formula is C17H28N2O. The van der Waals surface area contributed by atoms with E-state index >= 15 is 0 Å². The fraction of sp³-hybridized carbons (Fsp3) is 0.647. The minimum Gasteiger partial charge on any atom is -0.381 e. The van der Waals surface area contributed by atoms with Gasteiger partial charge < -0.3 is 15.4 Å². The van der Waals surface area contributed by atoms with Crippen LogP contribution in [0, 0.1) is 0 Å². The molecule has 0 bridgehead atoms. The Morgan fingerprint density at radius 3 is 2.45 bits per heavy atom. The van der Waals surface area contributed by atoms with Crippen LogP contribution in [0.2, 0.25) is 0 Å². The van der Waals surface area contributed by atoms with Gasteiger partial charge in [-0.3, -0.25) is 0 Å². The van der Waals surface area contributed by atoms with E-state index in [-0.39, 0.29) is 6.04 Å². The third-order valence-corrected chi connectivity index (χ3v) is 4.27. The van der Waals surface area contributed by atoms with E-state index in [4.69, 9.17) is 10.5 Å². The van der Waals surface area contributed by atoms with Crippen LogP contribution in [0.5, 0.6) is 0 Å². The molecule has 1 unspecified atom stereocenters. The van der Waals surface area contributed by atoms with Crippen LogP contribution < -0.4 is 5.73 Å². The molecule has 3 heteroatoms. The predicted molar refractivity (Wildman–Crippen MR) is 83.8 cm³/mol. The predicted octanol–water partition coefficient (Wildman–Crippen LogP) is 2.75. The first-order valence-electron chi connectivity index (χ1n) is 7.82. The first-order chi connectivity index (χ1) is 9.72. The summed E-state index contributed by atoms with van der Waals surface area (Å²) in [5.74, 6) is 0. The van der Waals surface area contributed by atoms with E-state index in [0.29, 0.717) is 6.10 Å². The third-order valence-electron chi connectivity index (χ3n) is 4.27. The van der Waals surface area contributed by atoms with Gasteiger partial charge in [0, 0.05) is 32.8 Å². The fourth-order valence-electron chi connectivity index (χ4n) is 2.93. The molecule has 3 nitrogen and oxygen atoms in total. The number of hydrogen-bond acceptors (Lipinski definition) is 3. The summed E-state index contributed by atoms with van der Waals surface area (Å²) >= 11 is 0. The second kappa shape index (κ2) is 7.77. The molecule has 1 aliphatic rings. The highest BCUT2D eigenvalue weighted by Gasteiger charge is 2.20. The van der Waals surface area contributed by atoms with Crippen molar-refractivity contribution in [2.45, 2.75) is 44.8 Å². The van der Waals surface area contributed by atoms with E-state index in [2.05, 4.69) is 36.1 Å². The Kier molecular flexibility index (Phi) is 6.02. The number of ether oxygens (including phenoxy) is 1. The van der Waals surface area contributed by atoms with Gasteiger partial charge in [0.15, 0.2) is 0 Å². The quantitative estimate of drug-likeness (QED) is 0.868. The summed E-state index contributed by atoms with van der Waals surface area (Å²) in [5.41, 5.74) is 9.00. The topological polar surface area (TPSA) is 38.5 Å². The van der Waals surface area contributed by atoms with Gasteiger partial charge in [0.2, 0.25) is 0 Å². The molecule has 1 aliphatic heterocycles. The van der Waals surface area contributed by atoms with Crippen molar-refractivity contribution in [2.75, 3.05) is 26.7 Å². The summed E-state index contributed by atoms with van der Waals surface area (Å²) < 4.78 is 5.41. The molecule has 2 rings (SSSR count). The van der Waals surface area contributed by atoms with Gasteiger partial charge in [0.1, 0.15) is 0 Å². The van der Waals surface area contributed by atoms with Gasteiger partial charge in [0.05, 0.1) is 6.10 Å². The maximum absolute atomic E-state index is 6.34. The Bertz CT molecular complexity index is 382. The van der Waals surface area contributed by atoms with E-state index in [1.807, 2.05) is 7.11 Å². The first-order valence-corrected chi connectivity index (χ1v) is 7.82. The third kappa shape index (κ3) is 4.30. The van der Waals surface area contributed by atoms with Crippen molar-refractivity contribution in [2.24, 2.45) is 5.73 Å². The molecule has 1 fully saturated rings. The maximum atomic E-state index is 6.34. The number of likely N-dealkylation sites (tertiary alicyclic amines) is 1. The van der Waals surface area contributed by atoms with E-state index in [0.717, 1.165) is 38.9 Å². The zero-order chi connectivity index (χ0) is 14.4. The van der Waals surface area contributed by atoms with Crippen LogP contribution in [0.15, 0.2) is 24.3 Å². The molecule has 0 radical (unpaired) electrons. The van der Waals surface area contributed by atoms with Gasteiger partial charge in [-0.2, -0.15) is 0 Å². The summed E-state index contributed by atoms with van der Waals surface area (Å²) in [6.07, 6.45) is 5.04. The molecule has 2 N–H and O–H groups in total. The van der Waals surface area contributed by atoms with Gasteiger partial charge in [0.25, 0.3) is 0 Å². The van der Waals surface area contributed by atoms with Crippen LogP contribution in [0.4, 0.5) is 0 Å². The van der Waals surface area contributed by atoms with Gasteiger partial charge in [-0.05, 0) is 30.4 Å². The molecule has 1 aromatic carbocycles. The highest BCUT2D eigenvalue weighted by atomic mass is 16.5. The molecule has 0 spiro atoms. The molecule has 1 aromatic rings. The average Bonchev–Trinajstić information content (AvgIpc) is 2.49. The lowest BCUT2D eigenvalue weighted by Gasteiger charge is -2.32. The van der Waals surface area contributed by atoms with Crippen LogP contribution in [0.1, 0.15) is 43.4 Å². The van der Waals surface area contributed by atoms with E-state index in [9.17, 15) is 0 Å². The number of nitrogens with zero attached hydrogens (tertiary/aromatic N) is 1. The maximum Gasteiger partial charge on any atom is 0.0595 e. The molecule has 1 saturated heterocycles. The van der Waals surface area contributed by atoms with Crippen LogP contribution in [-0.4, -0.2) is 37.7 Å². The summed E-state index contributed by atoms with van der Waals surface area (Å²) in [6.45, 7) is 5.35. The van der Waals surface area contributed by atoms with Crippen molar-refractivity contribution in [1.82, 2.24) is 4.90 Å². The van der Waals surface area contributed by atoms with Crippen molar-refractivity contribution < 1.29 is 4.74 Å². The molecule has 0 amide bonds. The average molecular weight is 276 g/mol. The van der Waals surface area contributed by atoms with Crippen molar-refractivity contribution in [3.8, 4) is 0 Å². The van der Waals surface area contributed by atoms with Crippen molar-refractivity contribution in [3.63, 3.8) is 0 Å². The number of benzene rings is 1. The Morgan fingerprint density at radius 1 is 1.25 bits per heavy atom. The molecule has 0 saturated carbocycles. The Hall–Kier alpha value is -0.900. The lowest BCUT2D eigenvalue weighted by atomic mass is 10.0. The van der Waals surface area contributed by atoms with E-state index in [1.54, 1.807) is 0 Å². The summed E-state index contributed by atoms with van der Waals surface area (Å²) in [5, 5.41) is 0. The van der Waals surface area contributed by atoms with Crippen molar-refractivity contribution >= 4 is 0 Å². The molecule has 1 heterocycles. The van der Waals surface area contributed by atoms with Gasteiger partial charge in [-0.25, -0.2) is 0 Å². The SMILES string of the molecule is CCCc1ccc(C(N)CN2CCC(OC)CC2)cc1. The molecule has 20 heavy (non-hydrogen) atoms. The van der Waals surface area contributed by atoms with Gasteiger partial charge in [-0.15, -0.1) is 0 Å². The zero-order valence-electron chi connectivity index (χ0n) is 12.8. The minimum absolute atomic E-state index is 0.116. The lowest BCUT2D eigenvalue weighted by Crippen LogP contribution is -2.40. The van der Waals surface area contributed by atoms with Crippen molar-refractivity contribution in [1.29, 1.82) is 0 Å². The Labute approximate surface area is 123 Å². The number of nitrogens with two attached hydrogens (primary N) is 1. The number of piperidine rings is 1. The second-order valence-electron chi connectivity index (χ2n) is 5.83. The largest absolute Gasteiger partial charge is 0.381 e. The van der Waals surface area contributed by atoms with Gasteiger partial charge in [-0.1, -0.05) is 37.6 Å². The van der Waals surface area contributed by atoms with Crippen molar-refractivity contribution in [3.05, 3.63) is 35.4 Å². The van der Waals surface area contributed by atoms with Crippen LogP contribution in [0.25, 0.3) is 0 Å². The highest BCUT2D eigenvalue weighted by molar-refractivity contribution is 5.25. The molecule has 0 aromatic heterocycles. The lowest BCUT2D eigenvalue weighted by molar-refractivity contribution is 0.0395. The summed E-state index contributed by atoms with van der Waals surface area (Å²) in [6, 6.07) is 8.94. The summed E-state index contributed by atoms with van der Waals surface area (Å²) in [7, 11) is 1.81. The molecular weight excluding hydrogens is 248 g/mol. The number of methoxy groups -OCH3 is 1. The monoisotopic (exact) mass is 276 g/mol. The zero-order valence-corrected chi connectivity index (χ0v) is 12.8. The fourth-order valence-corrected chi connectivity index (χ4v) is 2.93. The smallest absolute Gasteiger partial charge is 0.0595 e. The van der Waals surface area contributed by atoms with Gasteiger partial charge >= 0.3 is 0 Å². The molecule has 112 valence electrons. The normalized spacial score (nSPS) is 19.1. The minimum atomic E-state index is 0.116. The number of rotatable bonds is 6. The first kappa shape index (κ1) is 15.5. The Morgan fingerprint density at radius 2 is 1.90 bits per heavy atom. The summed E-state index contributed by atoms with van der Waals surface area (Å²) in [4.78, 5) is 2.46. The van der Waals surface area contributed by atoms with E-state index < -0.39 is 0 Å². The van der Waals surface area contributed by atoms with Crippen LogP contribution in [0.3, 0.4) is 0 Å². The highest BCUT2D eigenvalue weighted by Crippen LogP contribution is 2.18. The molecule has 1 atom stereocenters.